The van der Waals surface area contributed by atoms with E-state index in [4.69, 9.17) is 49.7 Å². The van der Waals surface area contributed by atoms with Gasteiger partial charge in [0.05, 0.1) is 32.0 Å². The maximum atomic E-state index is 12.3. The maximum Gasteiger partial charge on any atom is 0.317 e. The first kappa shape index (κ1) is 39.2. The number of aliphatic carboxylic acids is 1. The second-order valence-electron chi connectivity index (χ2n) is 14.7. The van der Waals surface area contributed by atoms with Crippen molar-refractivity contribution in [3.8, 4) is 28.7 Å². The third kappa shape index (κ3) is 7.32. The molecule has 0 amide bonds. The largest absolute Gasteiger partial charge is 0.493 e. The van der Waals surface area contributed by atoms with Gasteiger partial charge >= 0.3 is 11.9 Å². The van der Waals surface area contributed by atoms with Crippen molar-refractivity contribution in [3.05, 3.63) is 100 Å². The molecule has 0 radical (unpaired) electrons. The van der Waals surface area contributed by atoms with Crippen molar-refractivity contribution >= 4 is 18.2 Å². The Labute approximate surface area is 332 Å². The third-order valence-corrected chi connectivity index (χ3v) is 10.9. The van der Waals surface area contributed by atoms with Gasteiger partial charge in [-0.25, -0.2) is 0 Å². The molecule has 58 heavy (non-hydrogen) atoms. The summed E-state index contributed by atoms with van der Waals surface area (Å²) in [6, 6.07) is 17.1. The maximum absolute atomic E-state index is 12.3. The molecule has 5 aliphatic heterocycles. The highest BCUT2D eigenvalue weighted by Gasteiger charge is 2.52. The molecule has 17 nitrogen and oxygen atoms in total. The highest BCUT2D eigenvalue weighted by Crippen LogP contribution is 2.59. The molecule has 8 rings (SSSR count). The molecule has 3 aromatic carbocycles. The highest BCUT2D eigenvalue weighted by atomic mass is 16.7. The number of aliphatic imine (C=N–C) groups is 1. The van der Waals surface area contributed by atoms with Crippen molar-refractivity contribution in [1.29, 1.82) is 0 Å². The van der Waals surface area contributed by atoms with Crippen molar-refractivity contribution in [1.82, 2.24) is 4.90 Å². The van der Waals surface area contributed by atoms with Crippen LogP contribution in [-0.2, 0) is 32.0 Å². The molecule has 0 bridgehead atoms. The fourth-order valence-electron chi connectivity index (χ4n) is 8.26. The van der Waals surface area contributed by atoms with Crippen LogP contribution in [0.2, 0.25) is 0 Å². The number of aliphatic hydroxyl groups is 3. The van der Waals surface area contributed by atoms with Crippen molar-refractivity contribution in [2.75, 3.05) is 20.8 Å². The number of nitrogens with two attached hydrogens (primary N) is 2. The lowest BCUT2D eigenvalue weighted by Crippen LogP contribution is -2.66. The molecule has 9 unspecified atom stereocenters. The van der Waals surface area contributed by atoms with Crippen LogP contribution in [0.3, 0.4) is 0 Å². The fraction of sp³-hybridized carbons (Fsp3) is 0.390. The lowest BCUT2D eigenvalue weighted by atomic mass is 9.80. The summed E-state index contributed by atoms with van der Waals surface area (Å²) in [6.45, 7) is 0.943. The minimum Gasteiger partial charge on any atom is -0.493 e. The molecule has 306 valence electrons. The number of esters is 1. The number of aliphatic hydroxyl groups excluding tert-OH is 3. The molecule has 17 heteroatoms. The fourth-order valence-corrected chi connectivity index (χ4v) is 8.26. The molecule has 5 heterocycles. The predicted molar refractivity (Wildman–Crippen MR) is 203 cm³/mol. The Morgan fingerprint density at radius 1 is 1.00 bits per heavy atom. The molecule has 1 saturated heterocycles. The number of ether oxygens (including phenoxy) is 7. The monoisotopic (exact) mass is 800 g/mol. The van der Waals surface area contributed by atoms with Gasteiger partial charge in [0.1, 0.15) is 54.5 Å². The van der Waals surface area contributed by atoms with Crippen LogP contribution in [0.5, 0.6) is 28.7 Å². The number of hydrogen-bond acceptors (Lipinski definition) is 16. The number of nitrogens with zero attached hydrogens (tertiary/aromatic N) is 2. The summed E-state index contributed by atoms with van der Waals surface area (Å²) in [7, 11) is 3.12. The van der Waals surface area contributed by atoms with Crippen LogP contribution in [0.1, 0.15) is 40.7 Å². The van der Waals surface area contributed by atoms with E-state index in [1.165, 1.54) is 0 Å². The molecule has 5 aliphatic rings. The number of carboxylic acid groups (broad SMARTS) is 1. The first-order valence-electron chi connectivity index (χ1n) is 18.7. The highest BCUT2D eigenvalue weighted by molar-refractivity contribution is 5.90. The topological polar surface area (TPSA) is 247 Å². The van der Waals surface area contributed by atoms with Gasteiger partial charge in [0.25, 0.3) is 0 Å². The van der Waals surface area contributed by atoms with Crippen LogP contribution in [0, 0.1) is 0 Å². The van der Waals surface area contributed by atoms with Crippen LogP contribution in [0.4, 0.5) is 0 Å². The number of carbonyl (C=O) groups is 2. The second kappa shape index (κ2) is 15.9. The molecule has 3 aromatic rings. The van der Waals surface area contributed by atoms with E-state index in [0.717, 1.165) is 33.5 Å². The Hall–Kier alpha value is -5.69. The third-order valence-electron chi connectivity index (χ3n) is 10.9. The lowest BCUT2D eigenvalue weighted by molar-refractivity contribution is -0.291. The van der Waals surface area contributed by atoms with Gasteiger partial charge in [0, 0.05) is 54.7 Å². The molecular formula is C41H44N4O13. The number of methoxy groups -OCH3 is 2. The number of hydrogen-bond donors (Lipinski definition) is 6. The molecular weight excluding hydrogens is 756 g/mol. The van der Waals surface area contributed by atoms with E-state index in [1.807, 2.05) is 54.7 Å². The van der Waals surface area contributed by atoms with Gasteiger partial charge in [0.2, 0.25) is 12.0 Å². The zero-order chi connectivity index (χ0) is 40.8. The van der Waals surface area contributed by atoms with Gasteiger partial charge in [0.15, 0.2) is 17.6 Å². The summed E-state index contributed by atoms with van der Waals surface area (Å²) in [5, 5.41) is 42.1. The lowest BCUT2D eigenvalue weighted by Gasteiger charge is -2.43. The van der Waals surface area contributed by atoms with Crippen molar-refractivity contribution < 1.29 is 63.2 Å². The first-order valence-corrected chi connectivity index (χ1v) is 18.7. The molecule has 1 fully saturated rings. The first-order chi connectivity index (χ1) is 27.9. The quantitative estimate of drug-likeness (QED) is 0.0813. The Balaban J connectivity index is 1.18. The van der Waals surface area contributed by atoms with E-state index in [2.05, 4.69) is 9.89 Å². The number of allylic oxidation sites excluding steroid dienone is 1. The minimum atomic E-state index is -1.88. The van der Waals surface area contributed by atoms with Crippen LogP contribution in [0.25, 0.3) is 0 Å². The summed E-state index contributed by atoms with van der Waals surface area (Å²) in [4.78, 5) is 30.0. The zero-order valence-electron chi connectivity index (χ0n) is 31.5. The summed E-state index contributed by atoms with van der Waals surface area (Å²) >= 11 is 0. The van der Waals surface area contributed by atoms with E-state index in [0.29, 0.717) is 42.5 Å². The summed E-state index contributed by atoms with van der Waals surface area (Å²) in [5.41, 5.74) is 17.1. The molecule has 0 aliphatic carbocycles. The number of rotatable bonds is 13. The smallest absolute Gasteiger partial charge is 0.317 e. The summed E-state index contributed by atoms with van der Waals surface area (Å²) in [5.74, 6) is -0.843. The standard InChI is InChI=1S/C41H44N4O13/c1-52-25-9-8-23-31-26(12-19-6-4-3-5-7-19)55-27-14-22(54-41-34(51)32(49)33(50)38(58-41)39(40(42)43)56-29(48)15-28(46)47)13-21(17-45-16-20-10-11-44-24(20)18-45)30(27)37(31)57-35(23)36(25)53-2/h3-11,13-14,18,26,31-34,37-41,49-51H,12,15-17,42-43H2,1-2H3,(H,46,47). The molecule has 0 spiro atoms. The second-order valence-corrected chi connectivity index (χ2v) is 14.7. The Kier molecular flexibility index (Phi) is 10.7. The zero-order valence-corrected chi connectivity index (χ0v) is 31.5. The van der Waals surface area contributed by atoms with Crippen molar-refractivity contribution in [2.45, 2.75) is 80.5 Å². The van der Waals surface area contributed by atoms with Gasteiger partial charge in [-0.2, -0.15) is 0 Å². The van der Waals surface area contributed by atoms with Crippen LogP contribution in [0.15, 0.2) is 83.1 Å². The number of carboxylic acids is 1. The summed E-state index contributed by atoms with van der Waals surface area (Å²) < 4.78 is 42.7. The Morgan fingerprint density at radius 2 is 1.79 bits per heavy atom. The molecule has 0 saturated carbocycles. The molecule has 9 atom stereocenters. The molecule has 8 N–H and O–H groups in total. The average molecular weight is 801 g/mol. The molecule has 0 aromatic heterocycles. The van der Waals surface area contributed by atoms with Crippen LogP contribution < -0.4 is 35.2 Å². The van der Waals surface area contributed by atoms with Gasteiger partial charge in [-0.1, -0.05) is 36.4 Å². The number of benzene rings is 3. The minimum absolute atomic E-state index is 0.160. The summed E-state index contributed by atoms with van der Waals surface area (Å²) in [6.07, 6.45) is -7.78. The Morgan fingerprint density at radius 3 is 2.50 bits per heavy atom. The predicted octanol–water partition coefficient (Wildman–Crippen LogP) is 1.41. The van der Waals surface area contributed by atoms with Gasteiger partial charge in [-0.05, 0) is 29.3 Å². The van der Waals surface area contributed by atoms with E-state index in [-0.39, 0.29) is 11.7 Å². The van der Waals surface area contributed by atoms with Gasteiger partial charge < -0.3 is 70.0 Å². The van der Waals surface area contributed by atoms with Crippen molar-refractivity contribution in [2.24, 2.45) is 16.5 Å². The van der Waals surface area contributed by atoms with Gasteiger partial charge in [-0.15, -0.1) is 0 Å². The Bertz CT molecular complexity index is 2160. The van der Waals surface area contributed by atoms with Gasteiger partial charge in [-0.3, -0.25) is 14.6 Å². The number of fused-ring (bicyclic) bond motifs is 6. The normalized spacial score (nSPS) is 26.9. The van der Waals surface area contributed by atoms with E-state index < -0.39 is 73.5 Å². The number of carbonyl (C=O) groups excluding carboxylic acids is 1. The average Bonchev–Trinajstić information content (AvgIpc) is 3.91. The van der Waals surface area contributed by atoms with Crippen molar-refractivity contribution in [3.63, 3.8) is 0 Å². The van der Waals surface area contributed by atoms with Crippen LogP contribution in [-0.4, -0.2) is 113 Å². The van der Waals surface area contributed by atoms with E-state index in [9.17, 15) is 24.9 Å². The van der Waals surface area contributed by atoms with Crippen LogP contribution >= 0.6 is 0 Å². The SMILES string of the molecule is COc1ccc2c(c1OC)OC1c3c(CN4C=C5N=CC=C5C4)cc(OC4OC(C(OC(=O)CC(=O)O)C(N)N)C(O)C(O)C4O)cc3OC(Cc3ccccc3)C21. The van der Waals surface area contributed by atoms with E-state index >= 15 is 0 Å². The van der Waals surface area contributed by atoms with E-state index in [1.54, 1.807) is 32.6 Å².